The van der Waals surface area contributed by atoms with Crippen molar-refractivity contribution in [3.05, 3.63) is 0 Å². The Morgan fingerprint density at radius 1 is 1.18 bits per heavy atom. The van der Waals surface area contributed by atoms with E-state index in [0.717, 1.165) is 12.8 Å². The second kappa shape index (κ2) is 4.04. The highest BCUT2D eigenvalue weighted by Crippen LogP contribution is 2.21. The van der Waals surface area contributed by atoms with Gasteiger partial charge in [-0.15, -0.1) is 0 Å². The normalized spacial score (nSPS) is 39.0. The van der Waals surface area contributed by atoms with Gasteiger partial charge in [-0.3, -0.25) is 0 Å². The molecule has 1 heterocycles. The Balaban J connectivity index is 2.34. The Labute approximate surface area is 67.6 Å². The molecule has 0 aromatic heterocycles. The summed E-state index contributed by atoms with van der Waals surface area (Å²) in [4.78, 5) is 0. The molecule has 0 aliphatic carbocycles. The van der Waals surface area contributed by atoms with Gasteiger partial charge in [0.25, 0.3) is 0 Å². The number of hydrogen-bond acceptors (Lipinski definition) is 3. The lowest BCUT2D eigenvalue weighted by atomic mass is 10.1. The molecule has 1 aliphatic heterocycles. The van der Waals surface area contributed by atoms with Crippen molar-refractivity contribution in [2.24, 2.45) is 0 Å². The van der Waals surface area contributed by atoms with Gasteiger partial charge in [-0.1, -0.05) is 0 Å². The molecule has 1 unspecified atom stereocenters. The van der Waals surface area contributed by atoms with Crippen molar-refractivity contribution in [2.75, 3.05) is 14.2 Å². The molecule has 3 atom stereocenters. The van der Waals surface area contributed by atoms with Crippen LogP contribution in [-0.4, -0.2) is 32.7 Å². The van der Waals surface area contributed by atoms with Crippen molar-refractivity contribution in [3.8, 4) is 0 Å². The highest BCUT2D eigenvalue weighted by Gasteiger charge is 2.27. The van der Waals surface area contributed by atoms with E-state index in [0.29, 0.717) is 0 Å². The molecule has 3 nitrogen and oxygen atoms in total. The predicted molar refractivity (Wildman–Crippen MR) is 41.4 cm³/mol. The summed E-state index contributed by atoms with van der Waals surface area (Å²) in [5.41, 5.74) is 0. The molecule has 0 radical (unpaired) electrons. The molecule has 1 rings (SSSR count). The predicted octanol–water partition coefficient (Wildman–Crippen LogP) is 1.17. The summed E-state index contributed by atoms with van der Waals surface area (Å²) in [5.74, 6) is 0. The summed E-state index contributed by atoms with van der Waals surface area (Å²) in [7, 11) is 3.39. The molecule has 11 heavy (non-hydrogen) atoms. The monoisotopic (exact) mass is 160 g/mol. The van der Waals surface area contributed by atoms with Gasteiger partial charge in [0.2, 0.25) is 0 Å². The van der Waals surface area contributed by atoms with E-state index in [2.05, 4.69) is 0 Å². The average Bonchev–Trinajstić information content (AvgIpc) is 2.04. The molecule has 0 bridgehead atoms. The van der Waals surface area contributed by atoms with Crippen molar-refractivity contribution >= 4 is 0 Å². The number of methoxy groups -OCH3 is 2. The summed E-state index contributed by atoms with van der Waals surface area (Å²) in [5, 5.41) is 0. The fraction of sp³-hybridized carbons (Fsp3) is 1.00. The van der Waals surface area contributed by atoms with Crippen LogP contribution >= 0.6 is 0 Å². The topological polar surface area (TPSA) is 27.7 Å². The summed E-state index contributed by atoms with van der Waals surface area (Å²) < 4.78 is 15.8. The van der Waals surface area contributed by atoms with E-state index < -0.39 is 0 Å². The van der Waals surface area contributed by atoms with E-state index in [1.54, 1.807) is 14.2 Å². The van der Waals surface area contributed by atoms with Gasteiger partial charge in [0.1, 0.15) is 0 Å². The molecule has 0 spiro atoms. The summed E-state index contributed by atoms with van der Waals surface area (Å²) in [6.45, 7) is 2.01. The Kier molecular flexibility index (Phi) is 3.30. The van der Waals surface area contributed by atoms with Gasteiger partial charge in [0.05, 0.1) is 12.2 Å². The molecular formula is C8H16O3. The van der Waals surface area contributed by atoms with Gasteiger partial charge >= 0.3 is 0 Å². The van der Waals surface area contributed by atoms with Gasteiger partial charge in [0.15, 0.2) is 6.29 Å². The first kappa shape index (κ1) is 8.97. The Hall–Kier alpha value is -0.120. The Bertz CT molecular complexity index is 116. The first-order chi connectivity index (χ1) is 5.27. The van der Waals surface area contributed by atoms with Crippen molar-refractivity contribution in [3.63, 3.8) is 0 Å². The van der Waals surface area contributed by atoms with Crippen LogP contribution in [0.3, 0.4) is 0 Å². The zero-order valence-electron chi connectivity index (χ0n) is 7.37. The zero-order chi connectivity index (χ0) is 8.27. The number of hydrogen-bond donors (Lipinski definition) is 0. The van der Waals surface area contributed by atoms with E-state index in [1.165, 1.54) is 0 Å². The van der Waals surface area contributed by atoms with E-state index >= 15 is 0 Å². The lowest BCUT2D eigenvalue weighted by Crippen LogP contribution is -2.38. The van der Waals surface area contributed by atoms with Crippen molar-refractivity contribution in [1.82, 2.24) is 0 Å². The first-order valence-electron chi connectivity index (χ1n) is 3.99. The fourth-order valence-corrected chi connectivity index (χ4v) is 1.41. The standard InChI is InChI=1S/C8H16O3/c1-6-7(9-2)4-5-8(10-3)11-6/h6-8H,4-5H2,1-3H3/t6-,7+,8?/m0/s1. The number of ether oxygens (including phenoxy) is 3. The highest BCUT2D eigenvalue weighted by molar-refractivity contribution is 4.72. The third-order valence-corrected chi connectivity index (χ3v) is 2.14. The third kappa shape index (κ3) is 2.15. The van der Waals surface area contributed by atoms with Crippen molar-refractivity contribution < 1.29 is 14.2 Å². The second-order valence-electron chi connectivity index (χ2n) is 2.86. The molecule has 0 aromatic carbocycles. The molecular weight excluding hydrogens is 144 g/mol. The SMILES string of the molecule is COC1CC[C@@H](OC)[C@H](C)O1. The second-order valence-corrected chi connectivity index (χ2v) is 2.86. The van der Waals surface area contributed by atoms with Crippen LogP contribution in [0.5, 0.6) is 0 Å². The molecule has 66 valence electrons. The van der Waals surface area contributed by atoms with E-state index in [9.17, 15) is 0 Å². The van der Waals surface area contributed by atoms with Crippen LogP contribution in [0.15, 0.2) is 0 Å². The minimum absolute atomic E-state index is 0.0311. The molecule has 0 saturated carbocycles. The molecule has 1 saturated heterocycles. The largest absolute Gasteiger partial charge is 0.379 e. The third-order valence-electron chi connectivity index (χ3n) is 2.14. The molecule has 0 amide bonds. The van der Waals surface area contributed by atoms with Crippen LogP contribution in [0.25, 0.3) is 0 Å². The molecule has 0 aromatic rings. The minimum Gasteiger partial charge on any atom is -0.379 e. The lowest BCUT2D eigenvalue weighted by Gasteiger charge is -2.32. The van der Waals surface area contributed by atoms with Crippen LogP contribution in [0.4, 0.5) is 0 Å². The van der Waals surface area contributed by atoms with Crippen molar-refractivity contribution in [1.29, 1.82) is 0 Å². The molecule has 1 fully saturated rings. The van der Waals surface area contributed by atoms with E-state index in [1.807, 2.05) is 6.92 Å². The highest BCUT2D eigenvalue weighted by atomic mass is 16.7. The molecule has 0 N–H and O–H groups in total. The molecule has 3 heteroatoms. The quantitative estimate of drug-likeness (QED) is 0.607. The Morgan fingerprint density at radius 2 is 1.91 bits per heavy atom. The average molecular weight is 160 g/mol. The maximum absolute atomic E-state index is 5.49. The Morgan fingerprint density at radius 3 is 2.36 bits per heavy atom. The van der Waals surface area contributed by atoms with Crippen LogP contribution in [0.2, 0.25) is 0 Å². The van der Waals surface area contributed by atoms with Crippen LogP contribution < -0.4 is 0 Å². The van der Waals surface area contributed by atoms with Gasteiger partial charge < -0.3 is 14.2 Å². The van der Waals surface area contributed by atoms with E-state index in [-0.39, 0.29) is 18.5 Å². The van der Waals surface area contributed by atoms with Gasteiger partial charge in [-0.2, -0.15) is 0 Å². The van der Waals surface area contributed by atoms with Gasteiger partial charge in [-0.05, 0) is 13.3 Å². The maximum atomic E-state index is 5.49. The maximum Gasteiger partial charge on any atom is 0.157 e. The zero-order valence-corrected chi connectivity index (χ0v) is 7.37. The number of rotatable bonds is 2. The van der Waals surface area contributed by atoms with Crippen LogP contribution in [0.1, 0.15) is 19.8 Å². The van der Waals surface area contributed by atoms with Crippen LogP contribution in [-0.2, 0) is 14.2 Å². The minimum atomic E-state index is -0.0311. The van der Waals surface area contributed by atoms with Gasteiger partial charge in [-0.25, -0.2) is 0 Å². The van der Waals surface area contributed by atoms with E-state index in [4.69, 9.17) is 14.2 Å². The molecule has 1 aliphatic rings. The van der Waals surface area contributed by atoms with Crippen molar-refractivity contribution in [2.45, 2.75) is 38.3 Å². The summed E-state index contributed by atoms with van der Waals surface area (Å²) >= 11 is 0. The summed E-state index contributed by atoms with van der Waals surface area (Å²) in [6, 6.07) is 0. The first-order valence-corrected chi connectivity index (χ1v) is 3.99. The van der Waals surface area contributed by atoms with Crippen LogP contribution in [0, 0.1) is 0 Å². The smallest absolute Gasteiger partial charge is 0.157 e. The van der Waals surface area contributed by atoms with Gasteiger partial charge in [0, 0.05) is 20.6 Å². The lowest BCUT2D eigenvalue weighted by molar-refractivity contribution is -0.210. The summed E-state index contributed by atoms with van der Waals surface area (Å²) in [6.07, 6.45) is 2.31. The fourth-order valence-electron chi connectivity index (χ4n) is 1.41.